The molecule has 3 unspecified atom stereocenters. The van der Waals surface area contributed by atoms with Gasteiger partial charge in [-0.25, -0.2) is 19.9 Å². The Balaban J connectivity index is 1.19. The lowest BCUT2D eigenvalue weighted by Crippen LogP contribution is -2.49. The zero-order chi connectivity index (χ0) is 25.4. The first kappa shape index (κ1) is 24.6. The molecule has 0 aliphatic carbocycles. The summed E-state index contributed by atoms with van der Waals surface area (Å²) in [7, 11) is 0. The molecule has 5 rings (SSSR count). The number of unbranched alkanes of at least 4 members (excludes halogenated alkanes) is 1. The molecule has 11 nitrogen and oxygen atoms in total. The number of nitrogens with two attached hydrogens (primary N) is 1. The van der Waals surface area contributed by atoms with Gasteiger partial charge in [0, 0.05) is 19.0 Å². The molecule has 1 aliphatic heterocycles. The number of aliphatic hydroxyl groups is 2. The fourth-order valence-corrected chi connectivity index (χ4v) is 4.90. The molecule has 1 aromatic carbocycles. The Labute approximate surface area is 209 Å². The summed E-state index contributed by atoms with van der Waals surface area (Å²) in [6, 6.07) is 6.50. The number of fused-ring (bicyclic) bond motifs is 2. The summed E-state index contributed by atoms with van der Waals surface area (Å²) in [6.07, 6.45) is 3.85. The van der Waals surface area contributed by atoms with E-state index >= 15 is 0 Å². The van der Waals surface area contributed by atoms with Crippen LogP contribution in [0.25, 0.3) is 22.2 Å². The van der Waals surface area contributed by atoms with Gasteiger partial charge in [-0.3, -0.25) is 9.47 Å². The van der Waals surface area contributed by atoms with Crippen molar-refractivity contribution in [3.63, 3.8) is 0 Å². The Hall–Kier alpha value is -3.12. The molecule has 0 bridgehead atoms. The van der Waals surface area contributed by atoms with Crippen molar-refractivity contribution < 1.29 is 14.9 Å². The number of benzene rings is 1. The predicted molar refractivity (Wildman–Crippen MR) is 136 cm³/mol. The summed E-state index contributed by atoms with van der Waals surface area (Å²) in [4.78, 5) is 22.7. The van der Waals surface area contributed by atoms with Gasteiger partial charge in [-0.2, -0.15) is 0 Å². The van der Waals surface area contributed by atoms with Gasteiger partial charge in [-0.15, -0.1) is 0 Å². The number of nitrogens with zero attached hydrogens (tertiary/aromatic N) is 6. The van der Waals surface area contributed by atoms with Crippen LogP contribution < -0.4 is 5.73 Å². The second-order valence-electron chi connectivity index (χ2n) is 9.97. The molecule has 0 spiro atoms. The number of anilines is 1. The first-order valence-corrected chi connectivity index (χ1v) is 12.4. The average molecular weight is 495 g/mol. The second kappa shape index (κ2) is 9.74. The SMILES string of the molecule is Cc1ccc2nc(CCCCN(CC3OCC(O)(n4cnc5c(N)ncnc54)C3O)C(C)C)[nH]c2c1. The minimum absolute atomic E-state index is 0.0777. The number of ether oxygens (including phenoxy) is 1. The molecule has 4 heterocycles. The summed E-state index contributed by atoms with van der Waals surface area (Å²) >= 11 is 0. The Kier molecular flexibility index (Phi) is 6.64. The van der Waals surface area contributed by atoms with E-state index in [1.807, 2.05) is 6.07 Å². The normalized spacial score (nSPS) is 22.5. The maximum Gasteiger partial charge on any atom is 0.197 e. The molecular formula is C25H34N8O3. The quantitative estimate of drug-likeness (QED) is 0.255. The Morgan fingerprint density at radius 3 is 2.92 bits per heavy atom. The topological polar surface area (TPSA) is 151 Å². The lowest BCUT2D eigenvalue weighted by molar-refractivity contribution is -0.109. The lowest BCUT2D eigenvalue weighted by Gasteiger charge is -2.32. The van der Waals surface area contributed by atoms with Crippen LogP contribution in [0.1, 0.15) is 38.1 Å². The fraction of sp³-hybridized carbons (Fsp3) is 0.520. The fourth-order valence-electron chi connectivity index (χ4n) is 4.90. The summed E-state index contributed by atoms with van der Waals surface area (Å²) in [5, 5.41) is 22.5. The highest BCUT2D eigenvalue weighted by Gasteiger charge is 2.50. The molecule has 0 radical (unpaired) electrons. The van der Waals surface area contributed by atoms with Crippen LogP contribution in [-0.2, 0) is 16.9 Å². The van der Waals surface area contributed by atoms with Crippen molar-refractivity contribution in [3.05, 3.63) is 42.2 Å². The highest BCUT2D eigenvalue weighted by Crippen LogP contribution is 2.33. The van der Waals surface area contributed by atoms with Crippen LogP contribution in [0.15, 0.2) is 30.9 Å². The molecule has 3 atom stereocenters. The first-order valence-electron chi connectivity index (χ1n) is 12.4. The number of hydrogen-bond donors (Lipinski definition) is 4. The van der Waals surface area contributed by atoms with Gasteiger partial charge in [0.2, 0.25) is 0 Å². The third-order valence-corrected chi connectivity index (χ3v) is 7.05. The molecular weight excluding hydrogens is 460 g/mol. The van der Waals surface area contributed by atoms with Gasteiger partial charge in [0.15, 0.2) is 17.2 Å². The number of aliphatic hydroxyl groups excluding tert-OH is 1. The molecule has 3 aromatic heterocycles. The monoisotopic (exact) mass is 494 g/mol. The molecule has 11 heteroatoms. The van der Waals surface area contributed by atoms with Crippen LogP contribution in [-0.4, -0.2) is 82.5 Å². The van der Waals surface area contributed by atoms with Gasteiger partial charge >= 0.3 is 0 Å². The summed E-state index contributed by atoms with van der Waals surface area (Å²) in [5.74, 6) is 1.22. The number of imidazole rings is 2. The molecule has 0 saturated carbocycles. The molecule has 0 amide bonds. The maximum atomic E-state index is 11.4. The van der Waals surface area contributed by atoms with Gasteiger partial charge in [0.25, 0.3) is 0 Å². The molecule has 36 heavy (non-hydrogen) atoms. The van der Waals surface area contributed by atoms with E-state index in [0.29, 0.717) is 17.7 Å². The van der Waals surface area contributed by atoms with E-state index in [0.717, 1.165) is 42.7 Å². The molecule has 1 saturated heterocycles. The highest BCUT2D eigenvalue weighted by molar-refractivity contribution is 5.81. The number of aromatic amines is 1. The van der Waals surface area contributed by atoms with Crippen molar-refractivity contribution in [1.29, 1.82) is 0 Å². The Morgan fingerprint density at radius 1 is 1.28 bits per heavy atom. The molecule has 4 aromatic rings. The zero-order valence-electron chi connectivity index (χ0n) is 20.9. The largest absolute Gasteiger partial charge is 0.385 e. The second-order valence-corrected chi connectivity index (χ2v) is 9.97. The van der Waals surface area contributed by atoms with E-state index in [1.54, 1.807) is 0 Å². The van der Waals surface area contributed by atoms with E-state index in [4.69, 9.17) is 15.5 Å². The highest BCUT2D eigenvalue weighted by atomic mass is 16.5. The van der Waals surface area contributed by atoms with Crippen LogP contribution in [0.3, 0.4) is 0 Å². The van der Waals surface area contributed by atoms with E-state index in [2.05, 4.69) is 57.7 Å². The van der Waals surface area contributed by atoms with E-state index < -0.39 is 17.9 Å². The van der Waals surface area contributed by atoms with Gasteiger partial charge in [-0.1, -0.05) is 6.07 Å². The summed E-state index contributed by atoms with van der Waals surface area (Å²) in [6.45, 7) is 7.59. The number of aryl methyl sites for hydroxylation is 2. The van der Waals surface area contributed by atoms with Crippen molar-refractivity contribution in [1.82, 2.24) is 34.4 Å². The Morgan fingerprint density at radius 2 is 2.11 bits per heavy atom. The van der Waals surface area contributed by atoms with Crippen molar-refractivity contribution in [2.75, 3.05) is 25.4 Å². The number of rotatable bonds is 9. The molecule has 192 valence electrons. The van der Waals surface area contributed by atoms with Gasteiger partial charge in [0.05, 0.1) is 24.0 Å². The van der Waals surface area contributed by atoms with Gasteiger partial charge in [-0.05, 0) is 57.9 Å². The first-order chi connectivity index (χ1) is 17.3. The maximum absolute atomic E-state index is 11.4. The molecule has 1 aliphatic rings. The van der Waals surface area contributed by atoms with E-state index in [1.165, 1.54) is 22.8 Å². The van der Waals surface area contributed by atoms with Crippen LogP contribution in [0.5, 0.6) is 0 Å². The Bertz CT molecular complexity index is 1350. The van der Waals surface area contributed by atoms with Crippen LogP contribution in [0, 0.1) is 6.92 Å². The summed E-state index contributed by atoms with van der Waals surface area (Å²) < 4.78 is 7.33. The number of H-pyrrole nitrogens is 1. The molecule has 1 fully saturated rings. The van der Waals surface area contributed by atoms with Crippen LogP contribution >= 0.6 is 0 Å². The number of hydrogen-bond acceptors (Lipinski definition) is 9. The predicted octanol–water partition coefficient (Wildman–Crippen LogP) is 1.73. The standard InChI is InChI=1S/C25H34N8O3/c1-15(2)32(9-5-4-6-20-30-17-8-7-16(3)10-18(17)31-20)11-19-22(34)25(35,12-36-19)33-14-29-21-23(26)27-13-28-24(21)33/h7-8,10,13-15,19,22,34-35H,4-6,9,11-12H2,1-3H3,(H,30,31)(H2,26,27,28). The van der Waals surface area contributed by atoms with Crippen LogP contribution in [0.2, 0.25) is 0 Å². The minimum Gasteiger partial charge on any atom is -0.385 e. The number of nitrogen functional groups attached to an aromatic ring is 1. The van der Waals surface area contributed by atoms with Crippen molar-refractivity contribution in [2.24, 2.45) is 0 Å². The number of nitrogens with one attached hydrogen (secondary N) is 1. The van der Waals surface area contributed by atoms with Gasteiger partial charge < -0.3 is 25.7 Å². The van der Waals surface area contributed by atoms with Crippen LogP contribution in [0.4, 0.5) is 5.82 Å². The average Bonchev–Trinajstić information content (AvgIpc) is 3.53. The third-order valence-electron chi connectivity index (χ3n) is 7.05. The lowest BCUT2D eigenvalue weighted by atomic mass is 10.0. The number of aromatic nitrogens is 6. The third kappa shape index (κ3) is 4.55. The van der Waals surface area contributed by atoms with Crippen molar-refractivity contribution in [3.8, 4) is 0 Å². The zero-order valence-corrected chi connectivity index (χ0v) is 20.9. The van der Waals surface area contributed by atoms with Crippen molar-refractivity contribution >= 4 is 28.0 Å². The summed E-state index contributed by atoms with van der Waals surface area (Å²) in [5.41, 5.74) is 8.21. The van der Waals surface area contributed by atoms with Gasteiger partial charge in [0.1, 0.15) is 29.9 Å². The van der Waals surface area contributed by atoms with E-state index in [9.17, 15) is 10.2 Å². The van der Waals surface area contributed by atoms with E-state index in [-0.39, 0.29) is 18.5 Å². The minimum atomic E-state index is -1.69. The smallest absolute Gasteiger partial charge is 0.197 e. The molecule has 5 N–H and O–H groups in total. The van der Waals surface area contributed by atoms with Crippen molar-refractivity contribution in [2.45, 2.75) is 64.0 Å².